The molecule has 0 aromatic rings. The summed E-state index contributed by atoms with van der Waals surface area (Å²) in [6.45, 7) is 3.97. The smallest absolute Gasteiger partial charge is 0.211 e. The van der Waals surface area contributed by atoms with Crippen molar-refractivity contribution in [1.29, 1.82) is 0 Å². The second-order valence-corrected chi connectivity index (χ2v) is 5.49. The first-order chi connectivity index (χ1) is 8.17. The van der Waals surface area contributed by atoms with Gasteiger partial charge in [-0.3, -0.25) is 0 Å². The number of hydrogen-bond donors (Lipinski definition) is 0. The molecule has 2 saturated carbocycles. The minimum absolute atomic E-state index is 0.0534. The van der Waals surface area contributed by atoms with Crippen LogP contribution in [0.3, 0.4) is 0 Å². The van der Waals surface area contributed by atoms with Crippen LogP contribution in [0.4, 0.5) is 0 Å². The van der Waals surface area contributed by atoms with Gasteiger partial charge >= 0.3 is 0 Å². The third-order valence-corrected chi connectivity index (χ3v) is 4.67. The monoisotopic (exact) mass is 234 g/mol. The van der Waals surface area contributed by atoms with E-state index in [9.17, 15) is 9.59 Å². The van der Waals surface area contributed by atoms with Crippen LogP contribution < -0.4 is 0 Å². The third kappa shape index (κ3) is 2.24. The Kier molecular flexibility index (Phi) is 3.56. The summed E-state index contributed by atoms with van der Waals surface area (Å²) in [7, 11) is 0. The Labute approximate surface area is 101 Å². The van der Waals surface area contributed by atoms with Crippen LogP contribution in [0.2, 0.25) is 0 Å². The summed E-state index contributed by atoms with van der Waals surface area (Å²) in [6.07, 6.45) is 6.84. The van der Waals surface area contributed by atoms with E-state index in [2.05, 4.69) is 9.98 Å². The Balaban J connectivity index is 2.10. The third-order valence-electron chi connectivity index (χ3n) is 4.67. The Hall–Kier alpha value is -1.24. The summed E-state index contributed by atoms with van der Waals surface area (Å²) in [5.41, 5.74) is 0. The molecule has 4 nitrogen and oxygen atoms in total. The van der Waals surface area contributed by atoms with Crippen molar-refractivity contribution < 1.29 is 9.59 Å². The van der Waals surface area contributed by atoms with E-state index in [0.717, 1.165) is 18.8 Å². The summed E-state index contributed by atoms with van der Waals surface area (Å²) in [6, 6.07) is 0.107. The van der Waals surface area contributed by atoms with Crippen molar-refractivity contribution in [1.82, 2.24) is 0 Å². The van der Waals surface area contributed by atoms with Crippen LogP contribution in [0.15, 0.2) is 9.98 Å². The van der Waals surface area contributed by atoms with Gasteiger partial charge in [-0.05, 0) is 56.8 Å². The predicted octanol–water partition coefficient (Wildman–Crippen LogP) is 2.10. The number of isocyanates is 2. The van der Waals surface area contributed by atoms with Crippen molar-refractivity contribution in [2.75, 3.05) is 0 Å². The number of rotatable bonds is 4. The highest BCUT2D eigenvalue weighted by atomic mass is 16.1. The molecule has 0 aromatic carbocycles. The molecular formula is C13H18N2O2. The summed E-state index contributed by atoms with van der Waals surface area (Å²) in [5.74, 6) is 2.21. The van der Waals surface area contributed by atoms with Crippen molar-refractivity contribution in [3.63, 3.8) is 0 Å². The van der Waals surface area contributed by atoms with E-state index in [-0.39, 0.29) is 12.1 Å². The summed E-state index contributed by atoms with van der Waals surface area (Å²) >= 11 is 0. The summed E-state index contributed by atoms with van der Waals surface area (Å²) in [5, 5.41) is 0. The molecule has 0 heterocycles. The van der Waals surface area contributed by atoms with Gasteiger partial charge in [0.05, 0.1) is 12.1 Å². The molecule has 0 spiro atoms. The zero-order chi connectivity index (χ0) is 12.4. The maximum atomic E-state index is 10.3. The van der Waals surface area contributed by atoms with E-state index in [4.69, 9.17) is 0 Å². The highest BCUT2D eigenvalue weighted by molar-refractivity contribution is 5.34. The quantitative estimate of drug-likeness (QED) is 0.552. The standard InChI is InChI=1S/C13H18N2O2/c1-8(14-6-16)11-3-10-4-12(13(11)5-10)9(2)15-7-17/h8-13H,3-5H2,1-2H3. The molecule has 0 saturated heterocycles. The van der Waals surface area contributed by atoms with Crippen LogP contribution in [0.25, 0.3) is 0 Å². The average molecular weight is 234 g/mol. The normalized spacial score (nSPS) is 38.0. The molecule has 4 heteroatoms. The molecule has 4 atom stereocenters. The van der Waals surface area contributed by atoms with Crippen molar-refractivity contribution in [3.05, 3.63) is 0 Å². The summed E-state index contributed by atoms with van der Waals surface area (Å²) < 4.78 is 0. The van der Waals surface area contributed by atoms with Crippen LogP contribution in [0.1, 0.15) is 33.1 Å². The van der Waals surface area contributed by atoms with Gasteiger partial charge in [0.25, 0.3) is 0 Å². The first-order valence-corrected chi connectivity index (χ1v) is 6.31. The lowest BCUT2D eigenvalue weighted by molar-refractivity contribution is 0.193. The molecule has 0 aliphatic heterocycles. The topological polar surface area (TPSA) is 58.9 Å². The number of hydrogen-bond acceptors (Lipinski definition) is 4. The van der Waals surface area contributed by atoms with Gasteiger partial charge in [0.1, 0.15) is 0 Å². The largest absolute Gasteiger partial charge is 0.235 e. The average Bonchev–Trinajstić information content (AvgIpc) is 2.88. The van der Waals surface area contributed by atoms with Gasteiger partial charge in [0.15, 0.2) is 0 Å². The number of carbonyl (C=O) groups excluding carboxylic acids is 2. The maximum Gasteiger partial charge on any atom is 0.235 e. The number of nitrogens with zero attached hydrogens (tertiary/aromatic N) is 2. The molecule has 0 aromatic heterocycles. The van der Waals surface area contributed by atoms with Gasteiger partial charge in [0, 0.05) is 0 Å². The van der Waals surface area contributed by atoms with Gasteiger partial charge < -0.3 is 0 Å². The highest BCUT2D eigenvalue weighted by Gasteiger charge is 2.49. The van der Waals surface area contributed by atoms with Gasteiger partial charge in [-0.2, -0.15) is 0 Å². The van der Waals surface area contributed by atoms with E-state index in [1.807, 2.05) is 13.8 Å². The number of aliphatic imine (C=N–C) groups is 2. The fourth-order valence-electron chi connectivity index (χ4n) is 3.93. The minimum Gasteiger partial charge on any atom is -0.211 e. The second kappa shape index (κ2) is 4.95. The Morgan fingerprint density at radius 2 is 1.41 bits per heavy atom. The molecule has 0 N–H and O–H groups in total. The lowest BCUT2D eigenvalue weighted by Gasteiger charge is -2.32. The molecule has 92 valence electrons. The van der Waals surface area contributed by atoms with Crippen molar-refractivity contribution >= 4 is 12.2 Å². The van der Waals surface area contributed by atoms with Gasteiger partial charge in [-0.15, -0.1) is 0 Å². The fourth-order valence-corrected chi connectivity index (χ4v) is 3.93. The lowest BCUT2D eigenvalue weighted by Crippen LogP contribution is -2.32. The highest BCUT2D eigenvalue weighted by Crippen LogP contribution is 2.54. The first-order valence-electron chi connectivity index (χ1n) is 6.31. The predicted molar refractivity (Wildman–Crippen MR) is 63.0 cm³/mol. The lowest BCUT2D eigenvalue weighted by atomic mass is 9.75. The molecule has 4 unspecified atom stereocenters. The van der Waals surface area contributed by atoms with E-state index in [1.54, 1.807) is 12.2 Å². The Morgan fingerprint density at radius 3 is 1.76 bits per heavy atom. The van der Waals surface area contributed by atoms with Gasteiger partial charge in [-0.25, -0.2) is 19.6 Å². The van der Waals surface area contributed by atoms with Gasteiger partial charge in [-0.1, -0.05) is 0 Å². The molecule has 0 radical (unpaired) electrons. The molecule has 17 heavy (non-hydrogen) atoms. The zero-order valence-corrected chi connectivity index (χ0v) is 10.3. The van der Waals surface area contributed by atoms with Gasteiger partial charge in [0.2, 0.25) is 12.2 Å². The minimum atomic E-state index is 0.0534. The molecule has 2 fully saturated rings. The molecule has 2 bridgehead atoms. The van der Waals surface area contributed by atoms with Crippen LogP contribution in [-0.4, -0.2) is 24.2 Å². The van der Waals surface area contributed by atoms with Crippen molar-refractivity contribution in [2.24, 2.45) is 33.7 Å². The molecule has 2 rings (SSSR count). The zero-order valence-electron chi connectivity index (χ0n) is 10.3. The van der Waals surface area contributed by atoms with E-state index in [1.165, 1.54) is 6.42 Å². The van der Waals surface area contributed by atoms with Crippen LogP contribution in [-0.2, 0) is 9.59 Å². The number of fused-ring (bicyclic) bond motifs is 2. The van der Waals surface area contributed by atoms with Crippen molar-refractivity contribution in [3.8, 4) is 0 Å². The summed E-state index contributed by atoms with van der Waals surface area (Å²) in [4.78, 5) is 28.4. The molecule has 2 aliphatic rings. The van der Waals surface area contributed by atoms with E-state index >= 15 is 0 Å². The Bertz CT molecular complexity index is 349. The van der Waals surface area contributed by atoms with E-state index < -0.39 is 0 Å². The second-order valence-electron chi connectivity index (χ2n) is 5.49. The van der Waals surface area contributed by atoms with Crippen molar-refractivity contribution in [2.45, 2.75) is 45.2 Å². The first kappa shape index (κ1) is 12.2. The molecule has 0 amide bonds. The maximum absolute atomic E-state index is 10.3. The SMILES string of the molecule is CC(N=C=O)C1CC2CC(C(C)N=C=O)C1C2. The van der Waals surface area contributed by atoms with E-state index in [0.29, 0.717) is 17.8 Å². The fraction of sp³-hybridized carbons (Fsp3) is 0.846. The van der Waals surface area contributed by atoms with Crippen LogP contribution in [0, 0.1) is 23.7 Å². The van der Waals surface area contributed by atoms with Crippen LogP contribution >= 0.6 is 0 Å². The molecular weight excluding hydrogens is 216 g/mol. The molecule has 2 aliphatic carbocycles. The Morgan fingerprint density at radius 1 is 0.941 bits per heavy atom. The van der Waals surface area contributed by atoms with Crippen LogP contribution in [0.5, 0.6) is 0 Å².